The number of carbonyl (C=O) groups is 1. The minimum atomic E-state index is 0.280. The summed E-state index contributed by atoms with van der Waals surface area (Å²) >= 11 is 0. The lowest BCUT2D eigenvalue weighted by Crippen LogP contribution is -2.05. The van der Waals surface area contributed by atoms with Crippen LogP contribution in [0.1, 0.15) is 25.2 Å². The number of aromatic amines is 1. The Morgan fingerprint density at radius 2 is 2.26 bits per heavy atom. The second-order valence-electron chi connectivity index (χ2n) is 5.48. The van der Waals surface area contributed by atoms with Crippen molar-refractivity contribution in [2.24, 2.45) is 5.92 Å². The molecule has 0 aliphatic rings. The maximum atomic E-state index is 10.1. The van der Waals surface area contributed by atoms with Crippen LogP contribution in [0.3, 0.4) is 0 Å². The highest BCUT2D eigenvalue weighted by molar-refractivity contribution is 5.63. The van der Waals surface area contributed by atoms with Crippen LogP contribution in [0.2, 0.25) is 0 Å². The quantitative estimate of drug-likeness (QED) is 0.598. The fourth-order valence-corrected chi connectivity index (χ4v) is 2.00. The van der Waals surface area contributed by atoms with Gasteiger partial charge >= 0.3 is 0 Å². The molecule has 1 N–H and O–H groups in total. The molecule has 0 fully saturated rings. The molecule has 0 aliphatic carbocycles. The molecular weight excluding hydrogens is 294 g/mol. The van der Waals surface area contributed by atoms with Crippen molar-refractivity contribution in [1.82, 2.24) is 9.97 Å². The van der Waals surface area contributed by atoms with E-state index in [-0.39, 0.29) is 6.61 Å². The molecule has 0 bridgehead atoms. The van der Waals surface area contributed by atoms with Crippen LogP contribution >= 0.6 is 0 Å². The van der Waals surface area contributed by atoms with Crippen LogP contribution in [0.15, 0.2) is 24.4 Å². The van der Waals surface area contributed by atoms with Crippen LogP contribution in [0.5, 0.6) is 5.75 Å². The van der Waals surface area contributed by atoms with Gasteiger partial charge in [-0.1, -0.05) is 13.8 Å². The van der Waals surface area contributed by atoms with Crippen LogP contribution < -0.4 is 4.74 Å². The van der Waals surface area contributed by atoms with Gasteiger partial charge in [-0.3, -0.25) is 4.79 Å². The Kier molecular flexibility index (Phi) is 5.75. The van der Waals surface area contributed by atoms with E-state index < -0.39 is 0 Å². The smallest absolute Gasteiger partial charge is 0.293 e. The van der Waals surface area contributed by atoms with E-state index in [9.17, 15) is 10.1 Å². The number of nitriles is 1. The first kappa shape index (κ1) is 16.6. The van der Waals surface area contributed by atoms with Gasteiger partial charge in [-0.2, -0.15) is 5.26 Å². The van der Waals surface area contributed by atoms with Gasteiger partial charge in [0.1, 0.15) is 17.6 Å². The third-order valence-corrected chi connectivity index (χ3v) is 3.12. The minimum Gasteiger partial charge on any atom is -0.492 e. The van der Waals surface area contributed by atoms with Crippen LogP contribution in [-0.4, -0.2) is 29.7 Å². The molecule has 0 saturated heterocycles. The maximum Gasteiger partial charge on any atom is 0.293 e. The molecule has 0 radical (unpaired) electrons. The zero-order valence-corrected chi connectivity index (χ0v) is 13.2. The monoisotopic (exact) mass is 313 g/mol. The summed E-state index contributed by atoms with van der Waals surface area (Å²) in [5.41, 5.74) is 2.05. The summed E-state index contributed by atoms with van der Waals surface area (Å²) in [6.07, 6.45) is 2.28. The van der Waals surface area contributed by atoms with Crippen LogP contribution in [0, 0.1) is 17.2 Å². The highest BCUT2D eigenvalue weighted by Gasteiger charge is 2.10. The van der Waals surface area contributed by atoms with Gasteiger partial charge in [-0.15, -0.1) is 0 Å². The molecule has 6 nitrogen and oxygen atoms in total. The second-order valence-corrected chi connectivity index (χ2v) is 5.48. The van der Waals surface area contributed by atoms with Crippen molar-refractivity contribution in [1.29, 1.82) is 5.26 Å². The van der Waals surface area contributed by atoms with Crippen LogP contribution in [-0.2, 0) is 16.0 Å². The van der Waals surface area contributed by atoms with Gasteiger partial charge in [0.25, 0.3) is 6.47 Å². The number of nitrogens with zero attached hydrogens (tertiary/aromatic N) is 2. The predicted octanol–water partition coefficient (Wildman–Crippen LogP) is 2.70. The molecule has 0 saturated carbocycles. The van der Waals surface area contributed by atoms with Crippen molar-refractivity contribution in [2.75, 3.05) is 13.2 Å². The molecule has 6 heteroatoms. The summed E-state index contributed by atoms with van der Waals surface area (Å²) in [5, 5.41) is 9.30. The molecular formula is C17H19N3O3. The van der Waals surface area contributed by atoms with Gasteiger partial charge in [0.05, 0.1) is 24.5 Å². The van der Waals surface area contributed by atoms with Crippen molar-refractivity contribution in [3.8, 4) is 23.1 Å². The number of aromatic nitrogens is 2. The number of imidazole rings is 1. The number of carbonyl (C=O) groups excluding carboxylic acids is 1. The summed E-state index contributed by atoms with van der Waals surface area (Å²) in [7, 11) is 0. The molecule has 1 aromatic heterocycles. The molecule has 0 atom stereocenters. The molecule has 0 amide bonds. The molecule has 1 aromatic carbocycles. The topological polar surface area (TPSA) is 88.0 Å². The van der Waals surface area contributed by atoms with Gasteiger partial charge in [0.2, 0.25) is 0 Å². The fourth-order valence-electron chi connectivity index (χ4n) is 2.00. The first-order valence-electron chi connectivity index (χ1n) is 7.41. The van der Waals surface area contributed by atoms with Crippen molar-refractivity contribution in [3.63, 3.8) is 0 Å². The number of ether oxygens (including phenoxy) is 2. The first-order valence-corrected chi connectivity index (χ1v) is 7.41. The maximum absolute atomic E-state index is 10.1. The number of benzene rings is 1. The Bertz CT molecular complexity index is 701. The predicted molar refractivity (Wildman–Crippen MR) is 84.8 cm³/mol. The average molecular weight is 313 g/mol. The highest BCUT2D eigenvalue weighted by atomic mass is 16.5. The Morgan fingerprint density at radius 1 is 1.43 bits per heavy atom. The zero-order chi connectivity index (χ0) is 16.7. The van der Waals surface area contributed by atoms with E-state index in [1.807, 2.05) is 6.07 Å². The highest BCUT2D eigenvalue weighted by Crippen LogP contribution is 2.25. The standard InChI is InChI=1S/C17H19N3O3/c1-12(2)10-23-16-4-3-13(7-14(16)8-18)15-9-19-17(20-15)5-6-22-11-21/h3-4,7,9,11-12H,5-6,10H2,1-2H3,(H,19,20). The van der Waals surface area contributed by atoms with Crippen LogP contribution in [0.4, 0.5) is 0 Å². The Labute approximate surface area is 135 Å². The second kappa shape index (κ2) is 7.99. The molecule has 2 aromatic rings. The van der Waals surface area contributed by atoms with Gasteiger partial charge in [-0.05, 0) is 24.1 Å². The van der Waals surface area contributed by atoms with Crippen molar-refractivity contribution in [3.05, 3.63) is 35.8 Å². The van der Waals surface area contributed by atoms with Crippen LogP contribution in [0.25, 0.3) is 11.3 Å². The van der Waals surface area contributed by atoms with Gasteiger partial charge in [-0.25, -0.2) is 4.98 Å². The summed E-state index contributed by atoms with van der Waals surface area (Å²) in [6, 6.07) is 7.58. The summed E-state index contributed by atoms with van der Waals surface area (Å²) < 4.78 is 10.3. The number of rotatable bonds is 8. The van der Waals surface area contributed by atoms with Gasteiger partial charge in [0, 0.05) is 18.2 Å². The van der Waals surface area contributed by atoms with Crippen molar-refractivity contribution >= 4 is 6.47 Å². The van der Waals surface area contributed by atoms with E-state index in [1.165, 1.54) is 0 Å². The Hall–Kier alpha value is -2.81. The lowest BCUT2D eigenvalue weighted by atomic mass is 10.1. The number of nitrogens with one attached hydrogen (secondary N) is 1. The summed E-state index contributed by atoms with van der Waals surface area (Å²) in [5.74, 6) is 1.70. The van der Waals surface area contributed by atoms with E-state index in [2.05, 4.69) is 34.6 Å². The average Bonchev–Trinajstić information content (AvgIpc) is 3.02. The van der Waals surface area contributed by atoms with E-state index >= 15 is 0 Å². The van der Waals surface area contributed by atoms with E-state index in [0.29, 0.717) is 36.7 Å². The molecule has 23 heavy (non-hydrogen) atoms. The third kappa shape index (κ3) is 4.58. The SMILES string of the molecule is CC(C)COc1ccc(-c2c[nH]c(CCOC=O)n2)cc1C#N. The summed E-state index contributed by atoms with van der Waals surface area (Å²) in [4.78, 5) is 17.6. The lowest BCUT2D eigenvalue weighted by Gasteiger charge is -2.10. The molecule has 2 rings (SSSR count). The largest absolute Gasteiger partial charge is 0.492 e. The Balaban J connectivity index is 2.14. The molecule has 0 spiro atoms. The van der Waals surface area contributed by atoms with E-state index in [1.54, 1.807) is 18.3 Å². The lowest BCUT2D eigenvalue weighted by molar-refractivity contribution is -0.128. The molecule has 0 unspecified atom stereocenters. The summed E-state index contributed by atoms with van der Waals surface area (Å²) in [6.45, 7) is 5.37. The normalized spacial score (nSPS) is 10.3. The minimum absolute atomic E-state index is 0.280. The third-order valence-electron chi connectivity index (χ3n) is 3.12. The number of hydrogen-bond acceptors (Lipinski definition) is 5. The van der Waals surface area contributed by atoms with E-state index in [4.69, 9.17) is 4.74 Å². The Morgan fingerprint density at radius 3 is 2.96 bits per heavy atom. The first-order chi connectivity index (χ1) is 11.1. The van der Waals surface area contributed by atoms with Gasteiger partial charge < -0.3 is 14.5 Å². The molecule has 1 heterocycles. The molecule has 0 aliphatic heterocycles. The zero-order valence-electron chi connectivity index (χ0n) is 13.2. The number of H-pyrrole nitrogens is 1. The van der Waals surface area contributed by atoms with Gasteiger partial charge in [0.15, 0.2) is 0 Å². The molecule has 120 valence electrons. The van der Waals surface area contributed by atoms with Crippen molar-refractivity contribution < 1.29 is 14.3 Å². The number of hydrogen-bond donors (Lipinski definition) is 1. The van der Waals surface area contributed by atoms with E-state index in [0.717, 1.165) is 17.1 Å². The fraction of sp³-hybridized carbons (Fsp3) is 0.353. The van der Waals surface area contributed by atoms with Crippen molar-refractivity contribution in [2.45, 2.75) is 20.3 Å².